The van der Waals surface area contributed by atoms with E-state index in [0.29, 0.717) is 17.0 Å². The maximum atomic E-state index is 13.2. The quantitative estimate of drug-likeness (QED) is 0.123. The van der Waals surface area contributed by atoms with Crippen molar-refractivity contribution in [2.45, 2.75) is 65.5 Å². The van der Waals surface area contributed by atoms with E-state index in [2.05, 4.69) is 158 Å². The van der Waals surface area contributed by atoms with Crippen molar-refractivity contribution in [1.82, 2.24) is 24.9 Å². The van der Waals surface area contributed by atoms with Gasteiger partial charge >= 0.3 is 6.18 Å². The average Bonchev–Trinajstić information content (AvgIpc) is 2.61. The molecule has 5 nitrogen and oxygen atoms in total. The van der Waals surface area contributed by atoms with Gasteiger partial charge in [0.2, 0.25) is 0 Å². The van der Waals surface area contributed by atoms with Gasteiger partial charge in [-0.15, -0.1) is 143 Å². The minimum Gasteiger partial charge on any atom is -0.305 e. The summed E-state index contributed by atoms with van der Waals surface area (Å²) in [6.45, 7) is 15.4. The third kappa shape index (κ3) is 24.4. The Morgan fingerprint density at radius 3 is 1.25 bits per heavy atom. The van der Waals surface area contributed by atoms with Crippen molar-refractivity contribution >= 4 is 0 Å². The number of hydrogen-bond donors (Lipinski definition) is 0. The summed E-state index contributed by atoms with van der Waals surface area (Å²) in [5, 5.41) is 0. The van der Waals surface area contributed by atoms with Crippen LogP contribution >= 0.6 is 0 Å². The van der Waals surface area contributed by atoms with Gasteiger partial charge in [0, 0.05) is 149 Å². The maximum Gasteiger partial charge on any atom is 0.381 e. The summed E-state index contributed by atoms with van der Waals surface area (Å²) >= 11 is 0. The molecule has 0 fully saturated rings. The van der Waals surface area contributed by atoms with Gasteiger partial charge < -0.3 is 24.9 Å². The van der Waals surface area contributed by atoms with Crippen molar-refractivity contribution in [3.8, 4) is 67.4 Å². The molecule has 5 radical (unpaired) electrons. The van der Waals surface area contributed by atoms with Crippen molar-refractivity contribution in [1.29, 1.82) is 0 Å². The molecule has 0 N–H and O–H groups in total. The van der Waals surface area contributed by atoms with E-state index in [1.165, 1.54) is 46.0 Å². The number of hydrogen-bond acceptors (Lipinski definition) is 5. The molecule has 5 aromatic heterocycles. The Bertz CT molecular complexity index is 3730. The standard InChI is InChI=1S/C21H20N.C16H18N.C12H7F3N.C11H6F2N.C11H7FN.5Ir/c1-21(2,3)19-12-10-16(11-13-19)17-7-6-8-18(15-17)20-9-4-5-14-22-20;1-12-8-9-17-15(10-12)13-6-5-7-14(11-13)16(2,3)4;13-12(14,15)10-6-4-9(5-7-10)11-3-1-2-8-16-11;12-8-4-5-9(10(13)7-8)11-3-1-2-6-14-11;12-10-6-4-9(5-7-10)11-3-1-2-8-13-11;;;;;/h4-7,9-15H,1-3H3;5,7-11H,1-4H3;1-4,6-8H;1-4,6-7H;1-4,6-8H;;;;;/q5*-1;;;;;. The van der Waals surface area contributed by atoms with Gasteiger partial charge in [0.1, 0.15) is 0 Å². The molecule has 87 heavy (non-hydrogen) atoms. The Morgan fingerprint density at radius 2 is 0.805 bits per heavy atom. The van der Waals surface area contributed by atoms with Crippen LogP contribution in [0.3, 0.4) is 0 Å². The van der Waals surface area contributed by atoms with E-state index in [9.17, 15) is 26.3 Å². The van der Waals surface area contributed by atoms with Crippen molar-refractivity contribution in [2.75, 3.05) is 0 Å². The molecule has 0 spiro atoms. The van der Waals surface area contributed by atoms with Gasteiger partial charge in [-0.2, -0.15) is 13.2 Å². The molecule has 11 aromatic rings. The van der Waals surface area contributed by atoms with E-state index < -0.39 is 23.4 Å². The van der Waals surface area contributed by atoms with Gasteiger partial charge in [0.15, 0.2) is 0 Å². The summed E-state index contributed by atoms with van der Waals surface area (Å²) in [6, 6.07) is 71.4. The molecule has 0 aliphatic carbocycles. The zero-order valence-electron chi connectivity index (χ0n) is 48.0. The molecule has 0 aliphatic rings. The number of aryl methyl sites for hydroxylation is 1. The second-order valence-corrected chi connectivity index (χ2v) is 20.6. The van der Waals surface area contributed by atoms with Crippen molar-refractivity contribution in [3.05, 3.63) is 295 Å². The van der Waals surface area contributed by atoms with Gasteiger partial charge in [-0.25, -0.2) is 0 Å². The Morgan fingerprint density at radius 1 is 0.345 bits per heavy atom. The Hall–Kier alpha value is -6.10. The molecule has 459 valence electrons. The summed E-state index contributed by atoms with van der Waals surface area (Å²) in [4.78, 5) is 20.9. The van der Waals surface area contributed by atoms with Crippen LogP contribution < -0.4 is 0 Å². The number of pyridine rings is 5. The number of rotatable bonds is 6. The summed E-state index contributed by atoms with van der Waals surface area (Å²) in [6.07, 6.45) is 4.18. The SMILES string of the molecule is CC(C)(C)c1ccc(-c2cc[c-]c(-c3ccccn3)c2)cc1.Cc1ccnc(-c2[c-]ccc(C(C)(C)C)c2)c1.FC(F)(F)c1c[c-]c(-c2ccccn2)cc1.Fc1c[c-]c(-c2ccccn2)c(F)c1.Fc1c[c-]c(-c2ccccn2)cc1.[Ir].[Ir].[Ir].[Ir].[Ir]. The predicted molar refractivity (Wildman–Crippen MR) is 315 cm³/mol. The first kappa shape index (κ1) is 77.0. The molecule has 0 unspecified atom stereocenters. The molecule has 0 saturated carbocycles. The largest absolute Gasteiger partial charge is 0.381 e. The van der Waals surface area contributed by atoms with E-state index in [-0.39, 0.29) is 123 Å². The van der Waals surface area contributed by atoms with Gasteiger partial charge in [-0.3, -0.25) is 13.2 Å². The van der Waals surface area contributed by atoms with Crippen LogP contribution in [0.5, 0.6) is 0 Å². The third-order valence-electron chi connectivity index (χ3n) is 12.3. The topological polar surface area (TPSA) is 64.5 Å². The summed E-state index contributed by atoms with van der Waals surface area (Å²) in [7, 11) is 0. The first-order valence-corrected chi connectivity index (χ1v) is 26.1. The van der Waals surface area contributed by atoms with E-state index in [1.807, 2.05) is 67.0 Å². The number of nitrogens with zero attached hydrogens (tertiary/aromatic N) is 5. The van der Waals surface area contributed by atoms with Gasteiger partial charge in [-0.1, -0.05) is 138 Å². The summed E-state index contributed by atoms with van der Waals surface area (Å²) in [5.41, 5.74) is 13.4. The number of aromatic nitrogens is 5. The third-order valence-corrected chi connectivity index (χ3v) is 12.3. The van der Waals surface area contributed by atoms with Crippen molar-refractivity contribution < 1.29 is 127 Å². The summed E-state index contributed by atoms with van der Waals surface area (Å²) < 4.78 is 75.2. The molecule has 6 aromatic carbocycles. The fourth-order valence-electron chi connectivity index (χ4n) is 7.76. The number of benzene rings is 6. The molecular formula is C71H58F6Ir5N5-5. The Labute approximate surface area is 574 Å². The van der Waals surface area contributed by atoms with E-state index in [4.69, 9.17) is 0 Å². The predicted octanol–water partition coefficient (Wildman–Crippen LogP) is 18.7. The van der Waals surface area contributed by atoms with Crippen molar-refractivity contribution in [3.63, 3.8) is 0 Å². The van der Waals surface area contributed by atoms with Gasteiger partial charge in [-0.05, 0) is 93.2 Å². The molecule has 0 bridgehead atoms. The molecule has 16 heteroatoms. The normalized spacial score (nSPS) is 10.4. The number of halogens is 6. The second-order valence-electron chi connectivity index (χ2n) is 20.6. The van der Waals surface area contributed by atoms with Crippen LogP contribution in [0.1, 0.15) is 63.8 Å². The van der Waals surface area contributed by atoms with Crippen LogP contribution in [0, 0.1) is 54.7 Å². The molecule has 0 atom stereocenters. The average molecular weight is 2060 g/mol. The summed E-state index contributed by atoms with van der Waals surface area (Å²) in [5.74, 6) is -1.56. The van der Waals surface area contributed by atoms with E-state index >= 15 is 0 Å². The Balaban J connectivity index is 0.000000370. The number of alkyl halides is 3. The first-order chi connectivity index (χ1) is 39.2. The first-order valence-electron chi connectivity index (χ1n) is 26.1. The minimum absolute atomic E-state index is 0. The zero-order valence-corrected chi connectivity index (χ0v) is 60.0. The fourth-order valence-corrected chi connectivity index (χ4v) is 7.76. The molecule has 5 heterocycles. The smallest absolute Gasteiger partial charge is 0.305 e. The molecule has 0 amide bonds. The van der Waals surface area contributed by atoms with Crippen LogP contribution in [-0.2, 0) is 118 Å². The second kappa shape index (κ2) is 37.0. The molecular weight excluding hydrogens is 2000 g/mol. The van der Waals surface area contributed by atoms with Crippen LogP contribution in [-0.4, -0.2) is 24.9 Å². The van der Waals surface area contributed by atoms with Crippen molar-refractivity contribution in [2.24, 2.45) is 0 Å². The van der Waals surface area contributed by atoms with Gasteiger partial charge in [0.25, 0.3) is 0 Å². The zero-order chi connectivity index (χ0) is 58.7. The van der Waals surface area contributed by atoms with Crippen LogP contribution in [0.4, 0.5) is 26.3 Å². The monoisotopic (exact) mass is 2060 g/mol. The maximum absolute atomic E-state index is 13.2. The molecule has 11 rings (SSSR count). The molecule has 0 saturated heterocycles. The molecule has 0 aliphatic heterocycles. The fraction of sp³-hybridized carbons (Fsp3) is 0.141. The minimum atomic E-state index is -4.32. The van der Waals surface area contributed by atoms with E-state index in [1.54, 1.807) is 61.1 Å². The van der Waals surface area contributed by atoms with Crippen LogP contribution in [0.25, 0.3) is 67.4 Å². The van der Waals surface area contributed by atoms with Crippen LogP contribution in [0.15, 0.2) is 225 Å². The van der Waals surface area contributed by atoms with Crippen LogP contribution in [0.2, 0.25) is 0 Å². The van der Waals surface area contributed by atoms with E-state index in [0.717, 1.165) is 58.0 Å². The van der Waals surface area contributed by atoms with Gasteiger partial charge in [0.05, 0.1) is 0 Å². The Kier molecular flexibility index (Phi) is 32.8.